The van der Waals surface area contributed by atoms with Crippen LogP contribution in [0.15, 0.2) is 30.3 Å². The van der Waals surface area contributed by atoms with Crippen molar-refractivity contribution in [3.05, 3.63) is 35.2 Å². The number of carboxylic acids is 2. The summed E-state index contributed by atoms with van der Waals surface area (Å²) in [5.74, 6) is -2.85. The third-order valence-corrected chi connectivity index (χ3v) is 5.44. The summed E-state index contributed by atoms with van der Waals surface area (Å²) in [5, 5.41) is 16.2. The molecule has 1 fully saturated rings. The molecule has 2 aromatic rings. The molecule has 0 spiro atoms. The van der Waals surface area contributed by atoms with Gasteiger partial charge in [-0.15, -0.1) is 11.3 Å². The van der Waals surface area contributed by atoms with Gasteiger partial charge in [0.25, 0.3) is 0 Å². The molecule has 2 heterocycles. The zero-order valence-corrected chi connectivity index (χ0v) is 14.6. The Morgan fingerprint density at radius 3 is 2.33 bits per heavy atom. The number of nitrogens with zero attached hydrogens (tertiary/aromatic N) is 1. The second kappa shape index (κ2) is 8.80. The van der Waals surface area contributed by atoms with Crippen molar-refractivity contribution in [3.8, 4) is 0 Å². The van der Waals surface area contributed by atoms with Crippen LogP contribution in [0, 0.1) is 0 Å². The molecule has 0 unspecified atom stereocenters. The Bertz CT molecular complexity index is 644. The van der Waals surface area contributed by atoms with Crippen molar-refractivity contribution in [3.63, 3.8) is 0 Å². The first-order chi connectivity index (χ1) is 11.5. The van der Waals surface area contributed by atoms with Crippen LogP contribution in [-0.2, 0) is 9.59 Å². The highest BCUT2D eigenvalue weighted by molar-refractivity contribution is 7.19. The van der Waals surface area contributed by atoms with E-state index >= 15 is 0 Å². The molecule has 3 rings (SSSR count). The second-order valence-electron chi connectivity index (χ2n) is 5.91. The molecule has 5 nitrogen and oxygen atoms in total. The summed E-state index contributed by atoms with van der Waals surface area (Å²) < 4.78 is 1.45. The number of hydrogen-bond acceptors (Lipinski definition) is 4. The fourth-order valence-electron chi connectivity index (χ4n) is 2.96. The van der Waals surface area contributed by atoms with Gasteiger partial charge >= 0.3 is 11.9 Å². The Labute approximate surface area is 145 Å². The van der Waals surface area contributed by atoms with Crippen molar-refractivity contribution in [2.24, 2.45) is 0 Å². The molecule has 1 aromatic carbocycles. The molecule has 0 saturated carbocycles. The van der Waals surface area contributed by atoms with E-state index in [2.05, 4.69) is 42.2 Å². The van der Waals surface area contributed by atoms with Gasteiger partial charge in [-0.05, 0) is 62.3 Å². The average Bonchev–Trinajstić information content (AvgIpc) is 3.00. The van der Waals surface area contributed by atoms with E-state index in [0.717, 1.165) is 5.92 Å². The first kappa shape index (κ1) is 18.4. The molecule has 24 heavy (non-hydrogen) atoms. The molecule has 1 aromatic heterocycles. The molecule has 130 valence electrons. The van der Waals surface area contributed by atoms with Crippen molar-refractivity contribution in [1.82, 2.24) is 4.90 Å². The number of fused-ring (bicyclic) bond motifs is 1. The Balaban J connectivity index is 0.000000301. The van der Waals surface area contributed by atoms with E-state index < -0.39 is 11.9 Å². The molecule has 1 saturated heterocycles. The summed E-state index contributed by atoms with van der Waals surface area (Å²) in [7, 11) is 0. The van der Waals surface area contributed by atoms with Crippen LogP contribution < -0.4 is 0 Å². The Morgan fingerprint density at radius 2 is 1.79 bits per heavy atom. The van der Waals surface area contributed by atoms with Crippen LogP contribution in [0.4, 0.5) is 0 Å². The summed E-state index contributed by atoms with van der Waals surface area (Å²) in [6.07, 6.45) is 3.97. The number of benzene rings is 1. The van der Waals surface area contributed by atoms with Crippen LogP contribution in [0.25, 0.3) is 10.1 Å². The summed E-state index contributed by atoms with van der Waals surface area (Å²) in [5.41, 5.74) is 0. The van der Waals surface area contributed by atoms with Gasteiger partial charge in [-0.2, -0.15) is 0 Å². The first-order valence-electron chi connectivity index (χ1n) is 8.18. The molecule has 2 N–H and O–H groups in total. The molecule has 1 aliphatic rings. The van der Waals surface area contributed by atoms with Crippen LogP contribution in [0.3, 0.4) is 0 Å². The molecule has 0 bridgehead atoms. The summed E-state index contributed by atoms with van der Waals surface area (Å²) in [6.45, 7) is 6.12. The van der Waals surface area contributed by atoms with Crippen LogP contribution in [0.2, 0.25) is 0 Å². The maximum absolute atomic E-state index is 9.10. The van der Waals surface area contributed by atoms with E-state index in [1.165, 1.54) is 49.0 Å². The number of aliphatic carboxylic acids is 2. The van der Waals surface area contributed by atoms with Gasteiger partial charge in [0.15, 0.2) is 0 Å². The molecule has 1 aliphatic heterocycles. The SMILES string of the molecule is CCCN1CCC(c2cc3ccccc3s2)CC1.O=C(O)C(=O)O. The average molecular weight is 349 g/mol. The minimum Gasteiger partial charge on any atom is -0.473 e. The van der Waals surface area contributed by atoms with Gasteiger partial charge in [0.05, 0.1) is 0 Å². The maximum Gasteiger partial charge on any atom is 0.414 e. The highest BCUT2D eigenvalue weighted by atomic mass is 32.1. The van der Waals surface area contributed by atoms with Gasteiger partial charge in [0.1, 0.15) is 0 Å². The van der Waals surface area contributed by atoms with Gasteiger partial charge < -0.3 is 15.1 Å². The van der Waals surface area contributed by atoms with Crippen molar-refractivity contribution in [2.45, 2.75) is 32.1 Å². The number of carbonyl (C=O) groups is 2. The smallest absolute Gasteiger partial charge is 0.414 e. The van der Waals surface area contributed by atoms with Crippen molar-refractivity contribution < 1.29 is 19.8 Å². The lowest BCUT2D eigenvalue weighted by molar-refractivity contribution is -0.159. The minimum atomic E-state index is -1.82. The number of carboxylic acid groups (broad SMARTS) is 2. The number of likely N-dealkylation sites (tertiary alicyclic amines) is 1. The lowest BCUT2D eigenvalue weighted by Gasteiger charge is -2.31. The molecular formula is C18H23NO4S. The van der Waals surface area contributed by atoms with Crippen LogP contribution >= 0.6 is 11.3 Å². The van der Waals surface area contributed by atoms with Gasteiger partial charge in [-0.1, -0.05) is 25.1 Å². The van der Waals surface area contributed by atoms with Crippen LogP contribution in [0.5, 0.6) is 0 Å². The Hall–Kier alpha value is -1.92. The molecule has 6 heteroatoms. The quantitative estimate of drug-likeness (QED) is 0.827. The van der Waals surface area contributed by atoms with Crippen molar-refractivity contribution >= 4 is 33.4 Å². The topological polar surface area (TPSA) is 77.8 Å². The second-order valence-corrected chi connectivity index (χ2v) is 7.03. The third-order valence-electron chi connectivity index (χ3n) is 4.16. The highest BCUT2D eigenvalue weighted by Crippen LogP contribution is 2.36. The predicted molar refractivity (Wildman–Crippen MR) is 95.8 cm³/mol. The lowest BCUT2D eigenvalue weighted by atomic mass is 9.95. The zero-order valence-electron chi connectivity index (χ0n) is 13.8. The first-order valence-corrected chi connectivity index (χ1v) is 9.00. The third kappa shape index (κ3) is 5.04. The Morgan fingerprint density at radius 1 is 1.17 bits per heavy atom. The van der Waals surface area contributed by atoms with Crippen molar-refractivity contribution in [1.29, 1.82) is 0 Å². The van der Waals surface area contributed by atoms with Crippen molar-refractivity contribution in [2.75, 3.05) is 19.6 Å². The van der Waals surface area contributed by atoms with E-state index in [1.54, 1.807) is 4.88 Å². The zero-order chi connectivity index (χ0) is 17.5. The minimum absolute atomic E-state index is 0.801. The summed E-state index contributed by atoms with van der Waals surface area (Å²) in [4.78, 5) is 22.4. The van der Waals surface area contributed by atoms with E-state index in [-0.39, 0.29) is 0 Å². The molecule has 0 radical (unpaired) electrons. The van der Waals surface area contributed by atoms with E-state index in [0.29, 0.717) is 0 Å². The van der Waals surface area contributed by atoms with Gasteiger partial charge in [-0.3, -0.25) is 0 Å². The number of hydrogen-bond donors (Lipinski definition) is 2. The van der Waals surface area contributed by atoms with E-state index in [9.17, 15) is 0 Å². The predicted octanol–water partition coefficient (Wildman–Crippen LogP) is 3.65. The molecule has 0 amide bonds. The summed E-state index contributed by atoms with van der Waals surface area (Å²) in [6, 6.07) is 11.2. The fraction of sp³-hybridized carbons (Fsp3) is 0.444. The van der Waals surface area contributed by atoms with Crippen LogP contribution in [-0.4, -0.2) is 46.7 Å². The van der Waals surface area contributed by atoms with E-state index in [4.69, 9.17) is 19.8 Å². The van der Waals surface area contributed by atoms with Gasteiger partial charge in [0.2, 0.25) is 0 Å². The molecule has 0 atom stereocenters. The summed E-state index contributed by atoms with van der Waals surface area (Å²) >= 11 is 2.00. The number of rotatable bonds is 3. The number of thiophene rings is 1. The van der Waals surface area contributed by atoms with Crippen LogP contribution in [0.1, 0.15) is 37.0 Å². The normalized spacial score (nSPS) is 15.7. The number of piperidine rings is 1. The molecule has 0 aliphatic carbocycles. The highest BCUT2D eigenvalue weighted by Gasteiger charge is 2.21. The largest absolute Gasteiger partial charge is 0.473 e. The standard InChI is InChI=1S/C16H21NS.C2H2O4/c1-2-9-17-10-7-13(8-11-17)16-12-14-5-3-4-6-15(14)18-16;3-1(4)2(5)6/h3-6,12-13H,2,7-11H2,1H3;(H,3,4)(H,5,6). The van der Waals surface area contributed by atoms with Gasteiger partial charge in [0, 0.05) is 9.58 Å². The maximum atomic E-state index is 9.10. The van der Waals surface area contributed by atoms with Gasteiger partial charge in [-0.25, -0.2) is 9.59 Å². The fourth-order valence-corrected chi connectivity index (χ4v) is 4.19. The molecular weight excluding hydrogens is 326 g/mol. The lowest BCUT2D eigenvalue weighted by Crippen LogP contribution is -2.33. The Kier molecular flexibility index (Phi) is 6.75. The van der Waals surface area contributed by atoms with E-state index in [1.807, 2.05) is 11.3 Å². The monoisotopic (exact) mass is 349 g/mol.